The molecule has 4 amide bonds. The van der Waals surface area contributed by atoms with Crippen LogP contribution < -0.4 is 20.3 Å². The number of nitrogens with one attached hydrogen (secondary N) is 2. The molecule has 0 saturated carbocycles. The fraction of sp³-hybridized carbons (Fsp3) is 0.323. The first-order valence-electron chi connectivity index (χ1n) is 14.4. The minimum absolute atomic E-state index is 0.146. The number of likely N-dealkylation sites (tertiary alicyclic amines) is 1. The van der Waals surface area contributed by atoms with E-state index in [0.29, 0.717) is 23.5 Å². The third-order valence-corrected chi connectivity index (χ3v) is 7.98. The van der Waals surface area contributed by atoms with Crippen molar-refractivity contribution in [3.8, 4) is 5.75 Å². The van der Waals surface area contributed by atoms with Crippen LogP contribution in [0.2, 0.25) is 0 Å². The normalized spacial score (nSPS) is 16.6. The third-order valence-electron chi connectivity index (χ3n) is 7.98. The number of carbonyl (C=O) groups excluding carboxylic acids is 3. The summed E-state index contributed by atoms with van der Waals surface area (Å²) in [7, 11) is 1.43. The zero-order chi connectivity index (χ0) is 31.7. The fourth-order valence-corrected chi connectivity index (χ4v) is 5.66. The molecule has 4 heterocycles. The Morgan fingerprint density at radius 1 is 1.07 bits per heavy atom. The van der Waals surface area contributed by atoms with E-state index in [-0.39, 0.29) is 24.1 Å². The Morgan fingerprint density at radius 2 is 1.84 bits per heavy atom. The van der Waals surface area contributed by atoms with Crippen LogP contribution in [0.3, 0.4) is 0 Å². The Labute approximate surface area is 256 Å². The van der Waals surface area contributed by atoms with Crippen molar-refractivity contribution in [2.24, 2.45) is 0 Å². The van der Waals surface area contributed by atoms with E-state index in [9.17, 15) is 27.6 Å². The predicted molar refractivity (Wildman–Crippen MR) is 159 cm³/mol. The van der Waals surface area contributed by atoms with Crippen LogP contribution in [0.25, 0.3) is 10.9 Å². The Hall–Kier alpha value is -4.98. The Kier molecular flexibility index (Phi) is 8.14. The molecule has 0 atom stereocenters. The fourth-order valence-electron chi connectivity index (χ4n) is 5.66. The van der Waals surface area contributed by atoms with E-state index in [1.165, 1.54) is 13.2 Å². The van der Waals surface area contributed by atoms with Crippen molar-refractivity contribution in [1.29, 1.82) is 0 Å². The van der Waals surface area contributed by atoms with Gasteiger partial charge < -0.3 is 10.1 Å². The largest absolute Gasteiger partial charge is 0.494 e. The van der Waals surface area contributed by atoms with Crippen molar-refractivity contribution in [1.82, 2.24) is 25.0 Å². The van der Waals surface area contributed by atoms with Gasteiger partial charge in [-0.05, 0) is 48.7 Å². The zero-order valence-corrected chi connectivity index (χ0v) is 24.3. The van der Waals surface area contributed by atoms with Crippen molar-refractivity contribution in [2.75, 3.05) is 37.0 Å². The van der Waals surface area contributed by atoms with Crippen LogP contribution in [0.15, 0.2) is 60.8 Å². The van der Waals surface area contributed by atoms with Crippen molar-refractivity contribution in [3.63, 3.8) is 0 Å². The number of imide groups is 1. The molecule has 45 heavy (non-hydrogen) atoms. The first-order valence-corrected chi connectivity index (χ1v) is 14.4. The topological polar surface area (TPSA) is 122 Å². The number of ether oxygens (including phenoxy) is 1. The molecule has 0 spiro atoms. The molecule has 14 heteroatoms. The predicted octanol–water partition coefficient (Wildman–Crippen LogP) is 4.99. The van der Waals surface area contributed by atoms with Crippen LogP contribution in [0.1, 0.15) is 47.1 Å². The molecule has 0 aliphatic carbocycles. The number of alkyl halides is 3. The van der Waals surface area contributed by atoms with Gasteiger partial charge in [0.25, 0.3) is 5.91 Å². The maximum atomic E-state index is 13.1. The van der Waals surface area contributed by atoms with Crippen LogP contribution in [0.4, 0.5) is 29.3 Å². The summed E-state index contributed by atoms with van der Waals surface area (Å²) < 4.78 is 46.6. The van der Waals surface area contributed by atoms with Crippen molar-refractivity contribution in [3.05, 3.63) is 77.7 Å². The van der Waals surface area contributed by atoms with Gasteiger partial charge in [0, 0.05) is 55.9 Å². The highest BCUT2D eigenvalue weighted by molar-refractivity contribution is 6.06. The van der Waals surface area contributed by atoms with Gasteiger partial charge >= 0.3 is 12.2 Å². The average molecular weight is 622 g/mol. The van der Waals surface area contributed by atoms with E-state index < -0.39 is 23.8 Å². The number of hydrogen-bond acceptors (Lipinski definition) is 7. The number of pyridine rings is 1. The molecule has 234 valence electrons. The summed E-state index contributed by atoms with van der Waals surface area (Å²) in [5, 5.41) is 10.5. The van der Waals surface area contributed by atoms with Gasteiger partial charge in [-0.1, -0.05) is 18.2 Å². The molecule has 2 aliphatic rings. The number of rotatable bonds is 7. The molecule has 4 aromatic rings. The number of amides is 4. The maximum Gasteiger partial charge on any atom is 0.433 e. The van der Waals surface area contributed by atoms with Gasteiger partial charge in [-0.2, -0.15) is 18.3 Å². The lowest BCUT2D eigenvalue weighted by molar-refractivity contribution is -0.141. The summed E-state index contributed by atoms with van der Waals surface area (Å²) in [5.74, 6) is -0.740. The highest BCUT2D eigenvalue weighted by atomic mass is 19.4. The molecule has 11 nitrogen and oxygen atoms in total. The second-order valence-electron chi connectivity index (χ2n) is 11.0. The highest BCUT2D eigenvalue weighted by Crippen LogP contribution is 2.33. The summed E-state index contributed by atoms with van der Waals surface area (Å²) in [5.41, 5.74) is 1.26. The van der Waals surface area contributed by atoms with Crippen LogP contribution in [0.5, 0.6) is 5.75 Å². The Balaban J connectivity index is 1.11. The number of fused-ring (bicyclic) bond motifs is 1. The summed E-state index contributed by atoms with van der Waals surface area (Å²) in [6, 6.07) is 14.0. The summed E-state index contributed by atoms with van der Waals surface area (Å²) in [4.78, 5) is 43.9. The third kappa shape index (κ3) is 6.60. The summed E-state index contributed by atoms with van der Waals surface area (Å²) >= 11 is 0. The number of hydrogen-bond donors (Lipinski definition) is 2. The van der Waals surface area contributed by atoms with Gasteiger partial charge in [-0.25, -0.2) is 9.78 Å². The Bertz CT molecular complexity index is 1770. The molecule has 0 unspecified atom stereocenters. The van der Waals surface area contributed by atoms with Crippen molar-refractivity contribution < 1.29 is 32.3 Å². The molecule has 2 saturated heterocycles. The van der Waals surface area contributed by atoms with E-state index in [1.807, 2.05) is 35.1 Å². The number of anilines is 2. The number of methoxy groups -OCH3 is 1. The molecule has 6 rings (SSSR count). The van der Waals surface area contributed by atoms with Gasteiger partial charge in [0.1, 0.15) is 17.1 Å². The zero-order valence-electron chi connectivity index (χ0n) is 24.3. The van der Waals surface area contributed by atoms with Crippen LogP contribution in [-0.2, 0) is 17.5 Å². The second-order valence-corrected chi connectivity index (χ2v) is 11.0. The number of urea groups is 1. The SMILES string of the molecule is COc1cc2nn(C3CCN(Cc4cccc(N5CCC(=O)NC5=O)c4)CC3)cc2cc1NC(=O)c1cccc(C(F)(F)F)n1. The second kappa shape index (κ2) is 12.2. The molecular weight excluding hydrogens is 591 g/mol. The van der Waals surface area contributed by atoms with Gasteiger partial charge in [-0.3, -0.25) is 29.4 Å². The van der Waals surface area contributed by atoms with E-state index in [4.69, 9.17) is 9.84 Å². The van der Waals surface area contributed by atoms with Crippen LogP contribution >= 0.6 is 0 Å². The first kappa shape index (κ1) is 30.1. The molecule has 2 aliphatic heterocycles. The standard InChI is InChI=1S/C31H30F3N7O4/c1-45-26-16-24-20(15-25(26)36-29(43)23-6-3-7-27(35-23)31(32,33)34)18-41(38-24)21-8-11-39(12-9-21)17-19-4-2-5-22(14-19)40-13-10-28(42)37-30(40)44/h2-7,14-16,18,21H,8-13,17H2,1H3,(H,36,43)(H,37,42,44). The number of halogens is 3. The van der Waals surface area contributed by atoms with Crippen molar-refractivity contribution >= 4 is 40.1 Å². The first-order chi connectivity index (χ1) is 21.6. The van der Waals surface area contributed by atoms with E-state index in [1.54, 1.807) is 17.0 Å². The Morgan fingerprint density at radius 3 is 2.58 bits per heavy atom. The number of carbonyl (C=O) groups is 3. The van der Waals surface area contributed by atoms with Gasteiger partial charge in [0.05, 0.1) is 24.4 Å². The highest BCUT2D eigenvalue weighted by Gasteiger charge is 2.33. The van der Waals surface area contributed by atoms with Crippen LogP contribution in [0, 0.1) is 0 Å². The molecule has 2 N–H and O–H groups in total. The lowest BCUT2D eigenvalue weighted by Crippen LogP contribution is -2.49. The summed E-state index contributed by atoms with van der Waals surface area (Å²) in [6.45, 7) is 2.73. The van der Waals surface area contributed by atoms with Crippen molar-refractivity contribution in [2.45, 2.75) is 38.0 Å². The molecular formula is C31H30F3N7O4. The van der Waals surface area contributed by atoms with Crippen LogP contribution in [-0.4, -0.2) is 64.3 Å². The van der Waals surface area contributed by atoms with Gasteiger partial charge in [0.2, 0.25) is 5.91 Å². The lowest BCUT2D eigenvalue weighted by Gasteiger charge is -2.32. The minimum atomic E-state index is -4.67. The van der Waals surface area contributed by atoms with E-state index in [0.717, 1.165) is 61.2 Å². The monoisotopic (exact) mass is 621 g/mol. The number of nitrogens with zero attached hydrogens (tertiary/aromatic N) is 5. The van der Waals surface area contributed by atoms with E-state index in [2.05, 4.69) is 20.5 Å². The molecule has 2 aromatic carbocycles. The molecule has 2 aromatic heterocycles. The maximum absolute atomic E-state index is 13.1. The number of benzene rings is 2. The van der Waals surface area contributed by atoms with Gasteiger partial charge in [-0.15, -0.1) is 0 Å². The quantitative estimate of drug-likeness (QED) is 0.298. The molecule has 0 radical (unpaired) electrons. The van der Waals surface area contributed by atoms with Gasteiger partial charge in [0.15, 0.2) is 0 Å². The minimum Gasteiger partial charge on any atom is -0.494 e. The average Bonchev–Trinajstić information content (AvgIpc) is 3.43. The van der Waals surface area contributed by atoms with E-state index >= 15 is 0 Å². The smallest absolute Gasteiger partial charge is 0.433 e. The summed E-state index contributed by atoms with van der Waals surface area (Å²) in [6.07, 6.45) is -0.797. The molecule has 2 fully saturated rings. The number of piperidine rings is 1. The number of aromatic nitrogens is 3. The molecule has 0 bridgehead atoms. The lowest BCUT2D eigenvalue weighted by atomic mass is 10.0.